The van der Waals surface area contributed by atoms with E-state index in [0.29, 0.717) is 17.3 Å². The zero-order valence-corrected chi connectivity index (χ0v) is 12.0. The van der Waals surface area contributed by atoms with E-state index in [9.17, 15) is 4.79 Å². The molecule has 0 radical (unpaired) electrons. The number of nitrogens with one attached hydrogen (secondary N) is 1. The highest BCUT2D eigenvalue weighted by molar-refractivity contribution is 6.29. The fourth-order valence-corrected chi connectivity index (χ4v) is 1.95. The number of pyridine rings is 1. The Balaban J connectivity index is 2.54. The van der Waals surface area contributed by atoms with E-state index in [4.69, 9.17) is 18.0 Å². The van der Waals surface area contributed by atoms with Crippen LogP contribution in [0.3, 0.4) is 0 Å². The van der Waals surface area contributed by atoms with Crippen molar-refractivity contribution in [3.05, 3.63) is 28.5 Å². The molecule has 0 saturated heterocycles. The van der Waals surface area contributed by atoms with E-state index >= 15 is 0 Å². The molecule has 1 amide bonds. The van der Waals surface area contributed by atoms with Gasteiger partial charge in [-0.2, -0.15) is 0 Å². The van der Waals surface area contributed by atoms with E-state index in [-0.39, 0.29) is 5.91 Å². The first kappa shape index (κ1) is 15.5. The van der Waals surface area contributed by atoms with Gasteiger partial charge in [0.2, 0.25) is 0 Å². The molecule has 0 aliphatic rings. The molecule has 0 spiro atoms. The van der Waals surface area contributed by atoms with Crippen LogP contribution in [0, 0.1) is 12.3 Å². The zero-order chi connectivity index (χ0) is 14.1. The number of aromatic nitrogens is 1. The Morgan fingerprint density at radius 2 is 2.26 bits per heavy atom. The van der Waals surface area contributed by atoms with Crippen molar-refractivity contribution < 1.29 is 4.79 Å². The molecule has 0 unspecified atom stereocenters. The van der Waals surface area contributed by atoms with Gasteiger partial charge in [0, 0.05) is 24.2 Å². The van der Waals surface area contributed by atoms with Crippen molar-refractivity contribution in [2.75, 3.05) is 6.54 Å². The standard InChI is InChI=1S/C15H19ClN2O/c1-3-5-6-7-9-17-15(19)12-10-13(8-4-2)18-14(16)11-12/h1,10-11H,4-9H2,2H3,(H,17,19). The Hall–Kier alpha value is -1.53. The Morgan fingerprint density at radius 1 is 1.47 bits per heavy atom. The van der Waals surface area contributed by atoms with Gasteiger partial charge in [0.25, 0.3) is 5.91 Å². The van der Waals surface area contributed by atoms with Crippen molar-refractivity contribution in [3.63, 3.8) is 0 Å². The van der Waals surface area contributed by atoms with Gasteiger partial charge >= 0.3 is 0 Å². The third kappa shape index (κ3) is 5.76. The van der Waals surface area contributed by atoms with E-state index in [1.807, 2.05) is 0 Å². The van der Waals surface area contributed by atoms with E-state index in [0.717, 1.165) is 37.8 Å². The second kappa shape index (κ2) is 8.55. The van der Waals surface area contributed by atoms with Crippen LogP contribution in [0.15, 0.2) is 12.1 Å². The summed E-state index contributed by atoms with van der Waals surface area (Å²) < 4.78 is 0. The van der Waals surface area contributed by atoms with E-state index in [1.54, 1.807) is 12.1 Å². The zero-order valence-electron chi connectivity index (χ0n) is 11.2. The lowest BCUT2D eigenvalue weighted by Gasteiger charge is -2.07. The Morgan fingerprint density at radius 3 is 2.95 bits per heavy atom. The predicted molar refractivity (Wildman–Crippen MR) is 78.3 cm³/mol. The summed E-state index contributed by atoms with van der Waals surface area (Å²) in [6.45, 7) is 2.69. The molecule has 19 heavy (non-hydrogen) atoms. The number of rotatable bonds is 7. The summed E-state index contributed by atoms with van der Waals surface area (Å²) in [7, 11) is 0. The molecular weight excluding hydrogens is 260 g/mol. The minimum Gasteiger partial charge on any atom is -0.352 e. The molecule has 0 aliphatic carbocycles. The van der Waals surface area contributed by atoms with Gasteiger partial charge in [-0.3, -0.25) is 4.79 Å². The van der Waals surface area contributed by atoms with Gasteiger partial charge in [-0.25, -0.2) is 4.98 Å². The second-order valence-electron chi connectivity index (χ2n) is 4.34. The number of terminal acetylenes is 1. The van der Waals surface area contributed by atoms with Crippen LogP contribution in [-0.4, -0.2) is 17.4 Å². The highest BCUT2D eigenvalue weighted by atomic mass is 35.5. The number of unbranched alkanes of at least 4 members (excludes halogenated alkanes) is 2. The summed E-state index contributed by atoms with van der Waals surface area (Å²) in [4.78, 5) is 16.1. The molecule has 3 nitrogen and oxygen atoms in total. The molecule has 102 valence electrons. The average molecular weight is 279 g/mol. The van der Waals surface area contributed by atoms with Gasteiger partial charge < -0.3 is 5.32 Å². The molecule has 0 atom stereocenters. The molecule has 0 saturated carbocycles. The van der Waals surface area contributed by atoms with Gasteiger partial charge in [-0.15, -0.1) is 12.3 Å². The first-order chi connectivity index (χ1) is 9.17. The molecule has 0 aliphatic heterocycles. The van der Waals surface area contributed by atoms with Crippen molar-refractivity contribution in [2.24, 2.45) is 0 Å². The summed E-state index contributed by atoms with van der Waals surface area (Å²) in [5, 5.41) is 3.22. The number of hydrogen-bond acceptors (Lipinski definition) is 2. The summed E-state index contributed by atoms with van der Waals surface area (Å²) >= 11 is 5.92. The van der Waals surface area contributed by atoms with Crippen molar-refractivity contribution in [1.29, 1.82) is 0 Å². The molecule has 0 fully saturated rings. The number of aryl methyl sites for hydroxylation is 1. The summed E-state index contributed by atoms with van der Waals surface area (Å²) in [6.07, 6.45) is 9.52. The fourth-order valence-electron chi connectivity index (χ4n) is 1.72. The second-order valence-corrected chi connectivity index (χ2v) is 4.72. The van der Waals surface area contributed by atoms with Crippen LogP contribution in [0.5, 0.6) is 0 Å². The molecule has 1 aromatic rings. The number of halogens is 1. The molecule has 1 heterocycles. The SMILES string of the molecule is C#CCCCCNC(=O)c1cc(Cl)nc(CCC)c1. The topological polar surface area (TPSA) is 42.0 Å². The molecular formula is C15H19ClN2O. The molecule has 0 bridgehead atoms. The number of nitrogens with zero attached hydrogens (tertiary/aromatic N) is 1. The third-order valence-corrected chi connectivity index (χ3v) is 2.84. The molecule has 4 heteroatoms. The van der Waals surface area contributed by atoms with Gasteiger partial charge in [0.05, 0.1) is 0 Å². The van der Waals surface area contributed by atoms with Gasteiger partial charge in [-0.05, 0) is 31.4 Å². The minimum absolute atomic E-state index is 0.109. The number of carbonyl (C=O) groups excluding carboxylic acids is 1. The number of hydrogen-bond donors (Lipinski definition) is 1. The fraction of sp³-hybridized carbons (Fsp3) is 0.467. The summed E-state index contributed by atoms with van der Waals surface area (Å²) in [5.41, 5.74) is 1.42. The molecule has 1 rings (SSSR count). The third-order valence-electron chi connectivity index (χ3n) is 2.65. The first-order valence-corrected chi connectivity index (χ1v) is 6.93. The normalized spacial score (nSPS) is 9.95. The number of amides is 1. The van der Waals surface area contributed by atoms with Gasteiger partial charge in [0.1, 0.15) is 5.15 Å². The largest absolute Gasteiger partial charge is 0.352 e. The predicted octanol–water partition coefficient (Wildman–Crippen LogP) is 3.22. The van der Waals surface area contributed by atoms with Crippen LogP contribution in [0.1, 0.15) is 48.7 Å². The van der Waals surface area contributed by atoms with Crippen LogP contribution in [-0.2, 0) is 6.42 Å². The van der Waals surface area contributed by atoms with Crippen molar-refractivity contribution in [1.82, 2.24) is 10.3 Å². The van der Waals surface area contributed by atoms with Crippen molar-refractivity contribution in [3.8, 4) is 12.3 Å². The van der Waals surface area contributed by atoms with Crippen molar-refractivity contribution >= 4 is 17.5 Å². The summed E-state index contributed by atoms with van der Waals surface area (Å²) in [6, 6.07) is 3.39. The minimum atomic E-state index is -0.109. The van der Waals surface area contributed by atoms with Gasteiger partial charge in [-0.1, -0.05) is 24.9 Å². The Labute approximate surface area is 119 Å². The van der Waals surface area contributed by atoms with Crippen LogP contribution in [0.4, 0.5) is 0 Å². The Kier molecular flexibility index (Phi) is 6.99. The maximum atomic E-state index is 11.9. The molecule has 1 aromatic heterocycles. The van der Waals surface area contributed by atoms with E-state index in [2.05, 4.69) is 23.1 Å². The lowest BCUT2D eigenvalue weighted by Crippen LogP contribution is -2.24. The lowest BCUT2D eigenvalue weighted by molar-refractivity contribution is 0.0953. The van der Waals surface area contributed by atoms with Crippen LogP contribution >= 0.6 is 11.6 Å². The highest BCUT2D eigenvalue weighted by Gasteiger charge is 2.08. The van der Waals surface area contributed by atoms with Crippen molar-refractivity contribution in [2.45, 2.75) is 39.0 Å². The maximum Gasteiger partial charge on any atom is 0.251 e. The van der Waals surface area contributed by atoms with Crippen LogP contribution in [0.2, 0.25) is 5.15 Å². The average Bonchev–Trinajstić information content (AvgIpc) is 2.38. The molecule has 1 N–H and O–H groups in total. The number of carbonyl (C=O) groups is 1. The molecule has 0 aromatic carbocycles. The highest BCUT2D eigenvalue weighted by Crippen LogP contribution is 2.12. The maximum absolute atomic E-state index is 11.9. The van der Waals surface area contributed by atoms with Gasteiger partial charge in [0.15, 0.2) is 0 Å². The summed E-state index contributed by atoms with van der Waals surface area (Å²) in [5.74, 6) is 2.47. The van der Waals surface area contributed by atoms with Crippen LogP contribution in [0.25, 0.3) is 0 Å². The quantitative estimate of drug-likeness (QED) is 0.473. The van der Waals surface area contributed by atoms with Crippen LogP contribution < -0.4 is 5.32 Å². The van der Waals surface area contributed by atoms with E-state index < -0.39 is 0 Å². The first-order valence-electron chi connectivity index (χ1n) is 6.55. The lowest BCUT2D eigenvalue weighted by atomic mass is 10.1. The monoisotopic (exact) mass is 278 g/mol. The van der Waals surface area contributed by atoms with E-state index in [1.165, 1.54) is 0 Å². The Bertz CT molecular complexity index is 466. The smallest absolute Gasteiger partial charge is 0.251 e.